The third-order valence-electron chi connectivity index (χ3n) is 2.47. The lowest BCUT2D eigenvalue weighted by atomic mass is 10.2. The van der Waals surface area contributed by atoms with E-state index in [1.165, 1.54) is 6.21 Å². The maximum atomic E-state index is 11.8. The Morgan fingerprint density at radius 2 is 1.70 bits per heavy atom. The predicted molar refractivity (Wildman–Crippen MR) is 83.0 cm³/mol. The highest BCUT2D eigenvalue weighted by molar-refractivity contribution is 6.43. The van der Waals surface area contributed by atoms with E-state index < -0.39 is 5.91 Å². The van der Waals surface area contributed by atoms with Crippen LogP contribution in [0.5, 0.6) is 0 Å². The number of hydrogen-bond donors (Lipinski definition) is 1. The second kappa shape index (κ2) is 6.75. The van der Waals surface area contributed by atoms with Crippen molar-refractivity contribution in [3.05, 3.63) is 68.7 Å². The number of benzene rings is 2. The Labute approximate surface area is 131 Å². The van der Waals surface area contributed by atoms with Gasteiger partial charge in [0, 0.05) is 5.56 Å². The molecule has 0 bridgehead atoms. The highest BCUT2D eigenvalue weighted by Gasteiger charge is 2.08. The molecule has 0 aliphatic rings. The van der Waals surface area contributed by atoms with E-state index >= 15 is 0 Å². The number of carbonyl (C=O) groups excluding carboxylic acids is 1. The molecule has 0 spiro atoms. The number of amides is 1. The molecule has 0 atom stereocenters. The first-order valence-corrected chi connectivity index (χ1v) is 6.75. The largest absolute Gasteiger partial charge is 0.272 e. The molecule has 0 heterocycles. The van der Waals surface area contributed by atoms with Crippen LogP contribution in [-0.4, -0.2) is 12.1 Å². The van der Waals surface area contributed by atoms with Gasteiger partial charge in [-0.3, -0.25) is 4.79 Å². The predicted octanol–water partition coefficient (Wildman–Crippen LogP) is 4.41. The number of nitrogens with zero attached hydrogens (tertiary/aromatic N) is 1. The van der Waals surface area contributed by atoms with E-state index in [2.05, 4.69) is 10.5 Å². The molecular weight excluding hydrogens is 319 g/mol. The van der Waals surface area contributed by atoms with Gasteiger partial charge < -0.3 is 0 Å². The quantitative estimate of drug-likeness (QED) is 0.658. The van der Waals surface area contributed by atoms with Gasteiger partial charge in [0.1, 0.15) is 0 Å². The fourth-order valence-corrected chi connectivity index (χ4v) is 2.06. The Hall–Kier alpha value is -1.55. The molecule has 6 heteroatoms. The van der Waals surface area contributed by atoms with Crippen LogP contribution >= 0.6 is 34.8 Å². The Balaban J connectivity index is 2.09. The van der Waals surface area contributed by atoms with Crippen LogP contribution in [0.2, 0.25) is 15.1 Å². The molecule has 2 rings (SSSR count). The topological polar surface area (TPSA) is 41.5 Å². The van der Waals surface area contributed by atoms with E-state index in [4.69, 9.17) is 34.8 Å². The summed E-state index contributed by atoms with van der Waals surface area (Å²) in [6.45, 7) is 0. The first kappa shape index (κ1) is 14.9. The summed E-state index contributed by atoms with van der Waals surface area (Å²) in [5.74, 6) is -0.398. The summed E-state index contributed by atoms with van der Waals surface area (Å²) in [6, 6.07) is 11.9. The summed E-state index contributed by atoms with van der Waals surface area (Å²) in [6.07, 6.45) is 1.42. The normalized spacial score (nSPS) is 10.8. The van der Waals surface area contributed by atoms with Gasteiger partial charge in [-0.25, -0.2) is 5.43 Å². The molecule has 0 saturated carbocycles. The van der Waals surface area contributed by atoms with Gasteiger partial charge in [0.2, 0.25) is 0 Å². The van der Waals surface area contributed by atoms with Crippen LogP contribution in [0.3, 0.4) is 0 Å². The smallest absolute Gasteiger partial charge is 0.267 e. The molecule has 102 valence electrons. The molecule has 1 amide bonds. The Morgan fingerprint density at radius 3 is 2.45 bits per heavy atom. The van der Waals surface area contributed by atoms with E-state index in [0.29, 0.717) is 26.2 Å². The molecule has 2 aromatic carbocycles. The molecule has 1 N–H and O–H groups in total. The van der Waals surface area contributed by atoms with Gasteiger partial charge in [-0.1, -0.05) is 59.1 Å². The highest BCUT2D eigenvalue weighted by atomic mass is 35.5. The van der Waals surface area contributed by atoms with Crippen LogP contribution in [0.15, 0.2) is 47.6 Å². The molecule has 0 fully saturated rings. The second-order valence-corrected chi connectivity index (χ2v) is 5.01. The Morgan fingerprint density at radius 1 is 1.00 bits per heavy atom. The van der Waals surface area contributed by atoms with Crippen molar-refractivity contribution in [3.63, 3.8) is 0 Å². The summed E-state index contributed by atoms with van der Waals surface area (Å²) in [5.41, 5.74) is 3.34. The number of hydrazone groups is 1. The third-order valence-corrected chi connectivity index (χ3v) is 3.63. The average molecular weight is 328 g/mol. The highest BCUT2D eigenvalue weighted by Crippen LogP contribution is 2.24. The molecule has 0 aliphatic heterocycles. The van der Waals surface area contributed by atoms with Gasteiger partial charge in [-0.2, -0.15) is 5.10 Å². The van der Waals surface area contributed by atoms with Crippen molar-refractivity contribution in [2.45, 2.75) is 0 Å². The summed E-state index contributed by atoms with van der Waals surface area (Å²) < 4.78 is 0. The van der Waals surface area contributed by atoms with Crippen molar-refractivity contribution in [2.75, 3.05) is 0 Å². The number of nitrogens with one attached hydrogen (secondary N) is 1. The van der Waals surface area contributed by atoms with Gasteiger partial charge in [-0.15, -0.1) is 0 Å². The first-order chi connectivity index (χ1) is 9.59. The van der Waals surface area contributed by atoms with E-state index in [-0.39, 0.29) is 0 Å². The zero-order valence-electron chi connectivity index (χ0n) is 10.1. The fraction of sp³-hybridized carbons (Fsp3) is 0. The van der Waals surface area contributed by atoms with Gasteiger partial charge in [0.25, 0.3) is 5.91 Å². The summed E-state index contributed by atoms with van der Waals surface area (Å²) >= 11 is 17.8. The van der Waals surface area contributed by atoms with Crippen LogP contribution in [0.1, 0.15) is 15.9 Å². The molecule has 20 heavy (non-hydrogen) atoms. The van der Waals surface area contributed by atoms with Crippen LogP contribution in [0.4, 0.5) is 0 Å². The van der Waals surface area contributed by atoms with Crippen molar-refractivity contribution in [2.24, 2.45) is 5.10 Å². The molecule has 2 aromatic rings. The number of carbonyl (C=O) groups is 1. The molecule has 0 radical (unpaired) electrons. The van der Waals surface area contributed by atoms with Crippen molar-refractivity contribution >= 4 is 46.9 Å². The van der Waals surface area contributed by atoms with Crippen LogP contribution < -0.4 is 5.43 Å². The van der Waals surface area contributed by atoms with E-state index in [0.717, 1.165) is 0 Å². The summed E-state index contributed by atoms with van der Waals surface area (Å²) in [5, 5.41) is 5.00. The third kappa shape index (κ3) is 3.51. The van der Waals surface area contributed by atoms with Crippen LogP contribution in [-0.2, 0) is 0 Å². The molecule has 3 nitrogen and oxygen atoms in total. The second-order valence-electron chi connectivity index (χ2n) is 3.82. The number of halogens is 3. The SMILES string of the molecule is O=C(NN=Cc1cccc(Cl)c1Cl)c1ccccc1Cl. The minimum absolute atomic E-state index is 0.350. The minimum atomic E-state index is -0.398. The maximum Gasteiger partial charge on any atom is 0.272 e. The number of hydrogen-bond acceptors (Lipinski definition) is 2. The Bertz CT molecular complexity index is 671. The van der Waals surface area contributed by atoms with Crippen LogP contribution in [0.25, 0.3) is 0 Å². The van der Waals surface area contributed by atoms with Crippen molar-refractivity contribution in [1.29, 1.82) is 0 Å². The molecule has 0 unspecified atom stereocenters. The fourth-order valence-electron chi connectivity index (χ4n) is 1.49. The molecule has 0 aliphatic carbocycles. The van der Waals surface area contributed by atoms with Gasteiger partial charge >= 0.3 is 0 Å². The standard InChI is InChI=1S/C14H9Cl3N2O/c15-11-6-2-1-5-10(11)14(20)19-18-8-9-4-3-7-12(16)13(9)17/h1-8H,(H,19,20). The lowest BCUT2D eigenvalue weighted by Crippen LogP contribution is -2.17. The average Bonchev–Trinajstić information content (AvgIpc) is 2.44. The van der Waals surface area contributed by atoms with Crippen LogP contribution in [0, 0.1) is 0 Å². The molecule has 0 aromatic heterocycles. The lowest BCUT2D eigenvalue weighted by Gasteiger charge is -2.02. The summed E-state index contributed by atoms with van der Waals surface area (Å²) in [7, 11) is 0. The molecular formula is C14H9Cl3N2O. The monoisotopic (exact) mass is 326 g/mol. The zero-order chi connectivity index (χ0) is 14.5. The summed E-state index contributed by atoms with van der Waals surface area (Å²) in [4.78, 5) is 11.8. The van der Waals surface area contributed by atoms with Gasteiger partial charge in [0.15, 0.2) is 0 Å². The van der Waals surface area contributed by atoms with E-state index in [9.17, 15) is 4.79 Å². The minimum Gasteiger partial charge on any atom is -0.267 e. The lowest BCUT2D eigenvalue weighted by molar-refractivity contribution is 0.0955. The first-order valence-electron chi connectivity index (χ1n) is 5.61. The maximum absolute atomic E-state index is 11.8. The van der Waals surface area contributed by atoms with Gasteiger partial charge in [-0.05, 0) is 18.2 Å². The van der Waals surface area contributed by atoms with Gasteiger partial charge in [0.05, 0.1) is 26.8 Å². The number of rotatable bonds is 3. The van der Waals surface area contributed by atoms with Crippen molar-refractivity contribution in [1.82, 2.24) is 5.43 Å². The van der Waals surface area contributed by atoms with E-state index in [1.54, 1.807) is 42.5 Å². The zero-order valence-corrected chi connectivity index (χ0v) is 12.4. The van der Waals surface area contributed by atoms with E-state index in [1.807, 2.05) is 0 Å². The molecule has 0 saturated heterocycles. The van der Waals surface area contributed by atoms with Crippen molar-refractivity contribution < 1.29 is 4.79 Å². The van der Waals surface area contributed by atoms with Crippen molar-refractivity contribution in [3.8, 4) is 0 Å². The Kier molecular flexibility index (Phi) is 5.01.